The third kappa shape index (κ3) is 3.31. The maximum atomic E-state index is 11.7. The third-order valence-electron chi connectivity index (χ3n) is 5.37. The number of hydrogen-bond acceptors (Lipinski definition) is 4. The van der Waals surface area contributed by atoms with E-state index in [0.717, 1.165) is 50.4 Å². The van der Waals surface area contributed by atoms with E-state index in [-0.39, 0.29) is 5.69 Å². The van der Waals surface area contributed by atoms with E-state index >= 15 is 0 Å². The number of hydrogen-bond donors (Lipinski definition) is 1. The van der Waals surface area contributed by atoms with E-state index in [1.807, 2.05) is 18.7 Å². The van der Waals surface area contributed by atoms with Gasteiger partial charge in [0.15, 0.2) is 0 Å². The highest BCUT2D eigenvalue weighted by Crippen LogP contribution is 2.23. The highest BCUT2D eigenvalue weighted by Gasteiger charge is 2.23. The van der Waals surface area contributed by atoms with Crippen molar-refractivity contribution < 1.29 is 0 Å². The van der Waals surface area contributed by atoms with E-state index in [9.17, 15) is 4.79 Å². The molecular weight excluding hydrogens is 304 g/mol. The Balaban J connectivity index is 1.57. The van der Waals surface area contributed by atoms with Crippen molar-refractivity contribution in [3.63, 3.8) is 0 Å². The number of H-pyrrole nitrogens is 1. The maximum Gasteiger partial charge on any atom is 0.343 e. The molecule has 1 N–H and O–H groups in total. The van der Waals surface area contributed by atoms with Crippen LogP contribution in [0.15, 0.2) is 4.79 Å². The molecule has 0 bridgehead atoms. The van der Waals surface area contributed by atoms with Gasteiger partial charge in [-0.05, 0) is 52.6 Å². The van der Waals surface area contributed by atoms with Crippen LogP contribution in [0, 0.1) is 19.8 Å². The van der Waals surface area contributed by atoms with Crippen molar-refractivity contribution in [2.45, 2.75) is 53.1 Å². The van der Waals surface area contributed by atoms with Gasteiger partial charge in [-0.1, -0.05) is 0 Å². The monoisotopic (exact) mass is 332 g/mol. The standard InChI is InChI=1S/C17H28N6O/c1-5-23-16(18-19-17(23)24)10-14-6-8-22(9-7-14)11-15-12(2)20-21(4)13(15)3/h14H,5-11H2,1-4H3,(H,19,24). The van der Waals surface area contributed by atoms with E-state index in [0.29, 0.717) is 12.5 Å². The Morgan fingerprint density at radius 3 is 2.54 bits per heavy atom. The van der Waals surface area contributed by atoms with Gasteiger partial charge < -0.3 is 0 Å². The Hall–Kier alpha value is -1.89. The van der Waals surface area contributed by atoms with Crippen LogP contribution in [0.2, 0.25) is 0 Å². The summed E-state index contributed by atoms with van der Waals surface area (Å²) in [5, 5.41) is 11.3. The fraction of sp³-hybridized carbons (Fsp3) is 0.706. The molecule has 3 rings (SSSR count). The number of rotatable bonds is 5. The highest BCUT2D eigenvalue weighted by molar-refractivity contribution is 5.24. The van der Waals surface area contributed by atoms with Crippen LogP contribution in [0.5, 0.6) is 0 Å². The number of piperidine rings is 1. The van der Waals surface area contributed by atoms with Crippen molar-refractivity contribution in [2.24, 2.45) is 13.0 Å². The molecule has 7 heteroatoms. The molecule has 1 saturated heterocycles. The van der Waals surface area contributed by atoms with Crippen molar-refractivity contribution in [3.8, 4) is 0 Å². The molecule has 0 atom stereocenters. The molecule has 3 heterocycles. The molecule has 7 nitrogen and oxygen atoms in total. The van der Waals surface area contributed by atoms with Crippen LogP contribution in [-0.4, -0.2) is 42.5 Å². The highest BCUT2D eigenvalue weighted by atomic mass is 16.1. The van der Waals surface area contributed by atoms with Crippen LogP contribution in [-0.2, 0) is 26.6 Å². The van der Waals surface area contributed by atoms with Crippen molar-refractivity contribution >= 4 is 0 Å². The van der Waals surface area contributed by atoms with Crippen molar-refractivity contribution in [1.29, 1.82) is 0 Å². The summed E-state index contributed by atoms with van der Waals surface area (Å²) in [5.41, 5.74) is 3.68. The average molecular weight is 332 g/mol. The molecule has 0 aromatic carbocycles. The number of nitrogens with one attached hydrogen (secondary N) is 1. The van der Waals surface area contributed by atoms with Gasteiger partial charge in [0.05, 0.1) is 5.69 Å². The first kappa shape index (κ1) is 17.0. The molecule has 1 aliphatic heterocycles. The number of aromatic amines is 1. The third-order valence-corrected chi connectivity index (χ3v) is 5.37. The van der Waals surface area contributed by atoms with Gasteiger partial charge in [0.1, 0.15) is 5.82 Å². The lowest BCUT2D eigenvalue weighted by Gasteiger charge is -2.31. The summed E-state index contributed by atoms with van der Waals surface area (Å²) < 4.78 is 3.72. The molecule has 0 aliphatic carbocycles. The molecule has 0 spiro atoms. The molecule has 0 saturated carbocycles. The summed E-state index contributed by atoms with van der Waals surface area (Å²) in [6.45, 7) is 10.1. The molecule has 0 radical (unpaired) electrons. The van der Waals surface area contributed by atoms with Gasteiger partial charge in [0.2, 0.25) is 0 Å². The molecular formula is C17H28N6O. The van der Waals surface area contributed by atoms with Crippen LogP contribution in [0.25, 0.3) is 0 Å². The molecule has 132 valence electrons. The number of likely N-dealkylation sites (tertiary alicyclic amines) is 1. The Labute approximate surface area is 142 Å². The van der Waals surface area contributed by atoms with Gasteiger partial charge in [-0.25, -0.2) is 9.89 Å². The Morgan fingerprint density at radius 2 is 1.96 bits per heavy atom. The first-order chi connectivity index (χ1) is 11.5. The minimum absolute atomic E-state index is 0.0903. The van der Waals surface area contributed by atoms with E-state index in [4.69, 9.17) is 0 Å². The molecule has 24 heavy (non-hydrogen) atoms. The Kier molecular flexibility index (Phi) is 4.89. The van der Waals surface area contributed by atoms with Crippen molar-refractivity contribution in [1.82, 2.24) is 29.4 Å². The quantitative estimate of drug-likeness (QED) is 0.898. The van der Waals surface area contributed by atoms with Crippen LogP contribution >= 0.6 is 0 Å². The summed E-state index contributed by atoms with van der Waals surface area (Å²) in [7, 11) is 2.01. The van der Waals surface area contributed by atoms with E-state index in [1.54, 1.807) is 4.57 Å². The van der Waals surface area contributed by atoms with Gasteiger partial charge in [-0.3, -0.25) is 14.1 Å². The Bertz CT molecular complexity index is 748. The Morgan fingerprint density at radius 1 is 1.25 bits per heavy atom. The number of aryl methyl sites for hydroxylation is 2. The summed E-state index contributed by atoms with van der Waals surface area (Å²) in [5.74, 6) is 1.51. The van der Waals surface area contributed by atoms with Gasteiger partial charge in [-0.2, -0.15) is 10.2 Å². The summed E-state index contributed by atoms with van der Waals surface area (Å²) in [6.07, 6.45) is 3.21. The maximum absolute atomic E-state index is 11.7. The van der Waals surface area contributed by atoms with Crippen molar-refractivity contribution in [2.75, 3.05) is 13.1 Å². The first-order valence-corrected chi connectivity index (χ1v) is 8.85. The van der Waals surface area contributed by atoms with Gasteiger partial charge in [-0.15, -0.1) is 0 Å². The first-order valence-electron chi connectivity index (χ1n) is 8.85. The molecule has 0 unspecified atom stereocenters. The predicted molar refractivity (Wildman–Crippen MR) is 92.9 cm³/mol. The van der Waals surface area contributed by atoms with Gasteiger partial charge >= 0.3 is 5.69 Å². The zero-order valence-corrected chi connectivity index (χ0v) is 15.2. The normalized spacial score (nSPS) is 16.8. The second kappa shape index (κ2) is 6.93. The zero-order valence-electron chi connectivity index (χ0n) is 15.2. The largest absolute Gasteiger partial charge is 0.343 e. The lowest BCUT2D eigenvalue weighted by Crippen LogP contribution is -2.34. The van der Waals surface area contributed by atoms with Crippen LogP contribution < -0.4 is 5.69 Å². The topological polar surface area (TPSA) is 71.7 Å². The van der Waals surface area contributed by atoms with Crippen LogP contribution in [0.1, 0.15) is 42.5 Å². The fourth-order valence-corrected chi connectivity index (χ4v) is 3.71. The summed E-state index contributed by atoms with van der Waals surface area (Å²) in [6, 6.07) is 0. The minimum atomic E-state index is -0.0903. The smallest absolute Gasteiger partial charge is 0.299 e. The van der Waals surface area contributed by atoms with Crippen LogP contribution in [0.3, 0.4) is 0 Å². The van der Waals surface area contributed by atoms with Crippen molar-refractivity contribution in [3.05, 3.63) is 33.3 Å². The molecule has 1 aliphatic rings. The van der Waals surface area contributed by atoms with Crippen LogP contribution in [0.4, 0.5) is 0 Å². The zero-order chi connectivity index (χ0) is 17.3. The van der Waals surface area contributed by atoms with Gasteiger partial charge in [0.25, 0.3) is 0 Å². The number of aromatic nitrogens is 5. The molecule has 2 aromatic rings. The second-order valence-corrected chi connectivity index (χ2v) is 6.89. The molecule has 0 amide bonds. The van der Waals surface area contributed by atoms with E-state index in [1.165, 1.54) is 11.3 Å². The predicted octanol–water partition coefficient (Wildman–Crippen LogP) is 1.40. The SMILES string of the molecule is CCn1c(CC2CCN(Cc3c(C)nn(C)c3C)CC2)n[nH]c1=O. The molecule has 2 aromatic heterocycles. The number of nitrogens with zero attached hydrogens (tertiary/aromatic N) is 5. The average Bonchev–Trinajstić information content (AvgIpc) is 3.03. The molecule has 1 fully saturated rings. The van der Waals surface area contributed by atoms with E-state index in [2.05, 4.69) is 34.0 Å². The lowest BCUT2D eigenvalue weighted by molar-refractivity contribution is 0.174. The minimum Gasteiger partial charge on any atom is -0.299 e. The van der Waals surface area contributed by atoms with E-state index < -0.39 is 0 Å². The summed E-state index contributed by atoms with van der Waals surface area (Å²) in [4.78, 5) is 14.2. The lowest BCUT2D eigenvalue weighted by atomic mass is 9.93. The fourth-order valence-electron chi connectivity index (χ4n) is 3.71. The van der Waals surface area contributed by atoms with Gasteiger partial charge in [0, 0.05) is 37.8 Å². The summed E-state index contributed by atoms with van der Waals surface area (Å²) >= 11 is 0. The second-order valence-electron chi connectivity index (χ2n) is 6.89.